The minimum absolute atomic E-state index is 0. The van der Waals surface area contributed by atoms with E-state index in [-0.39, 0.29) is 17.2 Å². The Morgan fingerprint density at radius 1 is 0.614 bits per heavy atom. The first-order valence-corrected chi connectivity index (χ1v) is 17.2. The van der Waals surface area contributed by atoms with Gasteiger partial charge in [-0.25, -0.2) is 26.8 Å². The molecule has 1 aliphatic carbocycles. The highest BCUT2D eigenvalue weighted by atomic mass is 32.2. The predicted octanol–water partition coefficient (Wildman–Crippen LogP) is 2.07. The Labute approximate surface area is 258 Å². The van der Waals surface area contributed by atoms with Gasteiger partial charge >= 0.3 is 0 Å². The van der Waals surface area contributed by atoms with Crippen LogP contribution in [0, 0.1) is 0 Å². The average molecular weight is 648 g/mol. The number of likely N-dealkylation sites (N-methyl/N-ethyl adjacent to an activating group) is 1. The molecular formula is C29H37N5O8S2. The van der Waals surface area contributed by atoms with Gasteiger partial charge in [-0.1, -0.05) is 18.6 Å². The van der Waals surface area contributed by atoms with E-state index in [1.165, 1.54) is 55.4 Å². The normalized spacial score (nSPS) is 21.5. The summed E-state index contributed by atoms with van der Waals surface area (Å²) in [7, 11) is -5.03. The van der Waals surface area contributed by atoms with Crippen molar-refractivity contribution in [2.75, 3.05) is 72.7 Å². The van der Waals surface area contributed by atoms with Crippen molar-refractivity contribution >= 4 is 20.0 Å². The van der Waals surface area contributed by atoms with Crippen LogP contribution in [0.4, 0.5) is 0 Å². The van der Waals surface area contributed by atoms with Crippen molar-refractivity contribution in [2.24, 2.45) is 0 Å². The number of nitrogens with zero attached hydrogens (tertiary/aromatic N) is 5. The van der Waals surface area contributed by atoms with E-state index < -0.39 is 20.0 Å². The molecule has 238 valence electrons. The lowest BCUT2D eigenvalue weighted by Gasteiger charge is -2.22. The van der Waals surface area contributed by atoms with Crippen molar-refractivity contribution in [3.8, 4) is 23.3 Å². The van der Waals surface area contributed by atoms with E-state index in [1.54, 1.807) is 0 Å². The first-order chi connectivity index (χ1) is 20.7. The zero-order chi connectivity index (χ0) is 29.8. The molecule has 0 spiro atoms. The Morgan fingerprint density at radius 3 is 1.48 bits per heavy atom. The molecule has 7 heterocycles. The summed E-state index contributed by atoms with van der Waals surface area (Å²) >= 11 is 0. The van der Waals surface area contributed by atoms with Crippen LogP contribution in [0.1, 0.15) is 26.7 Å². The van der Waals surface area contributed by atoms with E-state index in [9.17, 15) is 16.8 Å². The minimum Gasteiger partial charge on any atom is -0.484 e. The van der Waals surface area contributed by atoms with Crippen molar-refractivity contribution in [1.82, 2.24) is 23.5 Å². The van der Waals surface area contributed by atoms with Gasteiger partial charge in [0.15, 0.2) is 11.5 Å². The van der Waals surface area contributed by atoms with E-state index in [1.807, 2.05) is 7.05 Å². The van der Waals surface area contributed by atoms with E-state index in [0.717, 1.165) is 32.4 Å². The molecule has 0 bridgehead atoms. The number of rotatable bonds is 4. The van der Waals surface area contributed by atoms with Crippen molar-refractivity contribution in [2.45, 2.75) is 36.5 Å². The second-order valence-electron chi connectivity index (χ2n) is 11.3. The summed E-state index contributed by atoms with van der Waals surface area (Å²) in [5, 5.41) is 0. The molecule has 0 saturated heterocycles. The number of aromatic nitrogens is 2. The third-order valence-electron chi connectivity index (χ3n) is 8.37. The SMILES string of the molecule is C.CN1CC2=C(C1)CN(S(=O)(=O)c1cnc3c(c1)OCCO3)C2.O=S(=O)(c1cnc2c(c1)OCCO2)N1CC2=C(CCC2)C1. The molecule has 2 aromatic heterocycles. The zero-order valence-electron chi connectivity index (χ0n) is 23.8. The van der Waals surface area contributed by atoms with Crippen LogP contribution < -0.4 is 18.9 Å². The zero-order valence-corrected chi connectivity index (χ0v) is 25.5. The first-order valence-electron chi connectivity index (χ1n) is 14.3. The fourth-order valence-electron chi connectivity index (χ4n) is 6.22. The summed E-state index contributed by atoms with van der Waals surface area (Å²) in [6, 6.07) is 3.02. The van der Waals surface area contributed by atoms with Crippen molar-refractivity contribution in [3.05, 3.63) is 46.8 Å². The Kier molecular flexibility index (Phi) is 8.34. The maximum atomic E-state index is 12.8. The number of hydrogen-bond donors (Lipinski definition) is 0. The molecule has 8 rings (SSSR count). The van der Waals surface area contributed by atoms with Crippen LogP contribution in [0.2, 0.25) is 0 Å². The number of hydrogen-bond acceptors (Lipinski definition) is 11. The molecule has 15 heteroatoms. The van der Waals surface area contributed by atoms with Gasteiger partial charge in [-0.2, -0.15) is 8.61 Å². The second kappa shape index (κ2) is 11.9. The molecule has 0 aromatic carbocycles. The van der Waals surface area contributed by atoms with Gasteiger partial charge in [0.05, 0.1) is 12.4 Å². The lowest BCUT2D eigenvalue weighted by molar-refractivity contribution is 0.163. The molecule has 0 radical (unpaired) electrons. The number of fused-ring (bicyclic) bond motifs is 2. The van der Waals surface area contributed by atoms with Crippen LogP contribution >= 0.6 is 0 Å². The summed E-state index contributed by atoms with van der Waals surface area (Å²) in [4.78, 5) is 10.7. The monoisotopic (exact) mass is 647 g/mol. The van der Waals surface area contributed by atoms with Gasteiger partial charge in [0.2, 0.25) is 20.0 Å². The molecule has 0 amide bonds. The lowest BCUT2D eigenvalue weighted by atomic mass is 10.2. The minimum atomic E-state index is -3.56. The summed E-state index contributed by atoms with van der Waals surface area (Å²) in [5.74, 6) is 1.52. The molecule has 44 heavy (non-hydrogen) atoms. The Morgan fingerprint density at radius 2 is 1.02 bits per heavy atom. The van der Waals surface area contributed by atoms with Gasteiger partial charge in [-0.05, 0) is 37.5 Å². The number of sulfonamides is 2. The van der Waals surface area contributed by atoms with Gasteiger partial charge in [0.25, 0.3) is 11.8 Å². The largest absolute Gasteiger partial charge is 0.484 e. The molecule has 5 aliphatic heterocycles. The highest BCUT2D eigenvalue weighted by Gasteiger charge is 2.37. The molecular weight excluding hydrogens is 610 g/mol. The quantitative estimate of drug-likeness (QED) is 0.451. The van der Waals surface area contributed by atoms with Crippen LogP contribution in [0.3, 0.4) is 0 Å². The third-order valence-corrected chi connectivity index (χ3v) is 11.9. The topological polar surface area (TPSA) is 141 Å². The Hall–Kier alpha value is -3.24. The lowest BCUT2D eigenvalue weighted by Crippen LogP contribution is -2.33. The van der Waals surface area contributed by atoms with Crippen LogP contribution in [-0.4, -0.2) is 113 Å². The third kappa shape index (κ3) is 5.67. The highest BCUT2D eigenvalue weighted by Crippen LogP contribution is 2.37. The smallest absolute Gasteiger partial charge is 0.257 e. The van der Waals surface area contributed by atoms with Gasteiger partial charge in [-0.15, -0.1) is 0 Å². The van der Waals surface area contributed by atoms with Gasteiger partial charge in [0.1, 0.15) is 36.2 Å². The highest BCUT2D eigenvalue weighted by molar-refractivity contribution is 7.89. The molecule has 0 fully saturated rings. The van der Waals surface area contributed by atoms with E-state index in [0.29, 0.717) is 75.9 Å². The van der Waals surface area contributed by atoms with Crippen molar-refractivity contribution in [1.29, 1.82) is 0 Å². The molecule has 0 N–H and O–H groups in total. The van der Waals surface area contributed by atoms with Gasteiger partial charge in [0, 0.05) is 51.4 Å². The van der Waals surface area contributed by atoms with Crippen molar-refractivity contribution < 1.29 is 35.8 Å². The average Bonchev–Trinajstić information content (AvgIpc) is 3.78. The van der Waals surface area contributed by atoms with Gasteiger partial charge < -0.3 is 18.9 Å². The van der Waals surface area contributed by atoms with Crippen LogP contribution in [0.15, 0.2) is 56.6 Å². The van der Waals surface area contributed by atoms with E-state index in [4.69, 9.17) is 18.9 Å². The van der Waals surface area contributed by atoms with E-state index in [2.05, 4.69) is 14.9 Å². The maximum Gasteiger partial charge on any atom is 0.257 e. The Balaban J connectivity index is 0.000000153. The van der Waals surface area contributed by atoms with Crippen LogP contribution in [0.25, 0.3) is 0 Å². The molecule has 13 nitrogen and oxygen atoms in total. The fourth-order valence-corrected chi connectivity index (χ4v) is 9.00. The van der Waals surface area contributed by atoms with Gasteiger partial charge in [-0.3, -0.25) is 4.90 Å². The van der Waals surface area contributed by atoms with Crippen molar-refractivity contribution in [3.63, 3.8) is 0 Å². The standard InChI is InChI=1S/C14H17N3O4S.C14H16N2O4S.CH4/c1-16-6-10-8-17(9-11(10)7-16)22(18,19)12-4-13-14(15-5-12)21-3-2-20-13;17-21(18,16-8-10-2-1-3-11(10)9-16)12-6-13-14(15-7-12)20-5-4-19-13;/h4-5H,2-3,6-9H2,1H3;6-7H,1-5,8-9H2;1H4. The number of pyridine rings is 2. The van der Waals surface area contributed by atoms with Crippen LogP contribution in [-0.2, 0) is 20.0 Å². The van der Waals surface area contributed by atoms with E-state index >= 15 is 0 Å². The summed E-state index contributed by atoms with van der Waals surface area (Å²) in [6.45, 7) is 5.37. The fraction of sp³-hybridized carbons (Fsp3) is 0.517. The van der Waals surface area contributed by atoms with Crippen LogP contribution in [0.5, 0.6) is 23.3 Å². The number of ether oxygens (including phenoxy) is 4. The molecule has 0 unspecified atom stereocenters. The summed E-state index contributed by atoms with van der Waals surface area (Å²) < 4.78 is 75.5. The molecule has 6 aliphatic rings. The maximum absolute atomic E-state index is 12.8. The summed E-state index contributed by atoms with van der Waals surface area (Å²) in [5.41, 5.74) is 5.03. The predicted molar refractivity (Wildman–Crippen MR) is 160 cm³/mol. The first kappa shape index (κ1) is 30.8. The summed E-state index contributed by atoms with van der Waals surface area (Å²) in [6.07, 6.45) is 5.91. The Bertz CT molecular complexity index is 1710. The molecule has 2 aromatic rings. The molecule has 0 atom stereocenters. The molecule has 0 saturated carbocycles. The second-order valence-corrected chi connectivity index (χ2v) is 15.2.